The third-order valence-corrected chi connectivity index (χ3v) is 9.29. The molecule has 1 saturated heterocycles. The van der Waals surface area contributed by atoms with E-state index in [-0.39, 0.29) is 30.2 Å². The van der Waals surface area contributed by atoms with E-state index in [9.17, 15) is 23.6 Å². The van der Waals surface area contributed by atoms with Gasteiger partial charge in [0.15, 0.2) is 11.3 Å². The minimum absolute atomic E-state index is 0.00847. The molecule has 0 aromatic carbocycles. The summed E-state index contributed by atoms with van der Waals surface area (Å²) in [4.78, 5) is 49.7. The highest BCUT2D eigenvalue weighted by atomic mass is 35.5. The van der Waals surface area contributed by atoms with E-state index in [0.717, 1.165) is 11.8 Å². The molecule has 0 bridgehead atoms. The highest BCUT2D eigenvalue weighted by Gasteiger charge is 2.50. The normalized spacial score (nSPS) is 23.9. The summed E-state index contributed by atoms with van der Waals surface area (Å²) in [5, 5.41) is 0.105. The highest BCUT2D eigenvalue weighted by Crippen LogP contribution is 2.48. The van der Waals surface area contributed by atoms with Crippen molar-refractivity contribution >= 4 is 52.9 Å². The lowest BCUT2D eigenvalue weighted by Crippen LogP contribution is -2.38. The number of hydrogen-bond acceptors (Lipinski definition) is 10. The first-order valence-electron chi connectivity index (χ1n) is 11.9. The predicted molar refractivity (Wildman–Crippen MR) is 146 cm³/mol. The van der Waals surface area contributed by atoms with Gasteiger partial charge in [0, 0.05) is 17.6 Å². The number of H-pyrrole nitrogens is 1. The van der Waals surface area contributed by atoms with Gasteiger partial charge in [-0.25, -0.2) is 14.3 Å². The smallest absolute Gasteiger partial charge is 0.330 e. The van der Waals surface area contributed by atoms with Crippen LogP contribution in [0, 0.1) is 11.2 Å². The number of esters is 1. The summed E-state index contributed by atoms with van der Waals surface area (Å²) in [5.74, 6) is -1.69. The molecule has 1 aliphatic heterocycles. The average molecular weight is 636 g/mol. The fraction of sp³-hybridized carbons (Fsp3) is 0.727. The zero-order chi connectivity index (χ0) is 29.8. The van der Waals surface area contributed by atoms with Gasteiger partial charge in [0.1, 0.15) is 6.04 Å². The van der Waals surface area contributed by atoms with E-state index in [4.69, 9.17) is 41.9 Å². The molecule has 0 unspecified atom stereocenters. The van der Waals surface area contributed by atoms with Gasteiger partial charge in [0.25, 0.3) is 12.2 Å². The standard InChI is InChI=1S/C22H33ClF2N3O8PS2/c1-12(2)35-17(30)13(3)27-37(38,33-7-8-39-19(31)21(4,5)6)34-11-14-9-22(23,25)18(36-14)28-10-15(24)16(29)26-20(28)32/h10,12-14,18H,7-9,11H2,1-6H3,(H,27,38)(H,26,29,32)/t13-,14-,18+,22-,37+/m0/s1. The number of nitrogens with zero attached hydrogens (tertiary/aromatic N) is 1. The fourth-order valence-corrected chi connectivity index (χ4v) is 6.78. The molecule has 5 atom stereocenters. The molecule has 1 fully saturated rings. The Kier molecular flexibility index (Phi) is 11.9. The summed E-state index contributed by atoms with van der Waals surface area (Å²) >= 11 is 12.6. The number of ether oxygens (including phenoxy) is 2. The first-order valence-corrected chi connectivity index (χ1v) is 15.9. The molecular weight excluding hydrogens is 603 g/mol. The summed E-state index contributed by atoms with van der Waals surface area (Å²) in [5.41, 5.74) is -2.95. The largest absolute Gasteiger partial charge is 0.462 e. The number of nitrogens with one attached hydrogen (secondary N) is 2. The van der Waals surface area contributed by atoms with Gasteiger partial charge in [-0.2, -0.15) is 4.39 Å². The molecule has 0 amide bonds. The zero-order valence-electron chi connectivity index (χ0n) is 22.3. The van der Waals surface area contributed by atoms with Crippen molar-refractivity contribution in [2.24, 2.45) is 5.41 Å². The first kappa shape index (κ1) is 34.0. The van der Waals surface area contributed by atoms with Crippen molar-refractivity contribution in [1.29, 1.82) is 0 Å². The Bertz CT molecular complexity index is 1210. The number of rotatable bonds is 12. The molecule has 0 aliphatic carbocycles. The molecule has 222 valence electrons. The Balaban J connectivity index is 2.13. The van der Waals surface area contributed by atoms with Crippen LogP contribution in [-0.2, 0) is 39.9 Å². The van der Waals surface area contributed by atoms with Gasteiger partial charge in [-0.15, -0.1) is 0 Å². The van der Waals surface area contributed by atoms with E-state index >= 15 is 4.39 Å². The van der Waals surface area contributed by atoms with E-state index in [1.54, 1.807) is 39.6 Å². The van der Waals surface area contributed by atoms with Crippen molar-refractivity contribution in [1.82, 2.24) is 14.6 Å². The Morgan fingerprint density at radius 3 is 2.59 bits per heavy atom. The van der Waals surface area contributed by atoms with E-state index in [0.29, 0.717) is 10.8 Å². The summed E-state index contributed by atoms with van der Waals surface area (Å²) < 4.78 is 51.7. The second kappa shape index (κ2) is 13.6. The molecule has 1 aromatic rings. The zero-order valence-corrected chi connectivity index (χ0v) is 25.6. The lowest BCUT2D eigenvalue weighted by molar-refractivity contribution is -0.149. The van der Waals surface area contributed by atoms with Gasteiger partial charge >= 0.3 is 11.7 Å². The van der Waals surface area contributed by atoms with Crippen LogP contribution in [0.2, 0.25) is 0 Å². The molecular formula is C22H33ClF2N3O8PS2. The fourth-order valence-electron chi connectivity index (χ4n) is 3.16. The van der Waals surface area contributed by atoms with Gasteiger partial charge in [-0.3, -0.25) is 23.9 Å². The number of aromatic amines is 1. The molecule has 2 N–H and O–H groups in total. The topological polar surface area (TPSA) is 138 Å². The predicted octanol–water partition coefficient (Wildman–Crippen LogP) is 3.36. The molecule has 0 saturated carbocycles. The second-order valence-electron chi connectivity index (χ2n) is 10.1. The maximum Gasteiger partial charge on any atom is 0.330 e. The monoisotopic (exact) mass is 635 g/mol. The number of carbonyl (C=O) groups excluding carboxylic acids is 2. The highest BCUT2D eigenvalue weighted by molar-refractivity contribution is 8.13. The number of hydrogen-bond donors (Lipinski definition) is 2. The van der Waals surface area contributed by atoms with E-state index in [1.807, 2.05) is 0 Å². The van der Waals surface area contributed by atoms with Crippen LogP contribution in [0.4, 0.5) is 8.78 Å². The number of carbonyl (C=O) groups is 2. The van der Waals surface area contributed by atoms with Crippen molar-refractivity contribution in [3.8, 4) is 0 Å². The van der Waals surface area contributed by atoms with Crippen LogP contribution in [-0.4, -0.2) is 63.0 Å². The van der Waals surface area contributed by atoms with Crippen LogP contribution in [0.25, 0.3) is 0 Å². The quantitative estimate of drug-likeness (QED) is 0.151. The SMILES string of the molecule is CC(C)OC(=O)[C@H](C)N[P@@](=S)(OCCSC(=O)C(C)(C)C)OC[C@@H]1C[C@@](F)(Cl)[C@H](n2cc(F)c(=O)[nH]c2=O)O1. The van der Waals surface area contributed by atoms with E-state index < -0.39 is 65.0 Å². The van der Waals surface area contributed by atoms with Crippen molar-refractivity contribution in [3.63, 3.8) is 0 Å². The Labute approximate surface area is 238 Å². The third-order valence-electron chi connectivity index (χ3n) is 5.04. The van der Waals surface area contributed by atoms with Gasteiger partial charge in [-0.1, -0.05) is 44.1 Å². The Morgan fingerprint density at radius 1 is 1.36 bits per heavy atom. The maximum atomic E-state index is 15.2. The van der Waals surface area contributed by atoms with Crippen LogP contribution in [0.1, 0.15) is 54.2 Å². The van der Waals surface area contributed by atoms with E-state index in [2.05, 4.69) is 5.09 Å². The molecule has 1 aliphatic rings. The molecule has 39 heavy (non-hydrogen) atoms. The minimum atomic E-state index is -3.45. The molecule has 2 heterocycles. The third kappa shape index (κ3) is 9.99. The summed E-state index contributed by atoms with van der Waals surface area (Å²) in [6, 6.07) is -0.935. The first-order chi connectivity index (χ1) is 17.8. The van der Waals surface area contributed by atoms with E-state index in [1.165, 1.54) is 6.92 Å². The molecule has 0 radical (unpaired) electrons. The average Bonchev–Trinajstić information content (AvgIpc) is 3.10. The van der Waals surface area contributed by atoms with Crippen LogP contribution in [0.3, 0.4) is 0 Å². The van der Waals surface area contributed by atoms with Crippen molar-refractivity contribution in [2.75, 3.05) is 19.0 Å². The Morgan fingerprint density at radius 2 is 2.00 bits per heavy atom. The summed E-state index contributed by atoms with van der Waals surface area (Å²) in [6.45, 7) is 6.38. The number of halogens is 3. The van der Waals surface area contributed by atoms with Crippen LogP contribution < -0.4 is 16.3 Å². The molecule has 0 spiro atoms. The van der Waals surface area contributed by atoms with Crippen molar-refractivity contribution in [2.45, 2.75) is 77.6 Å². The van der Waals surface area contributed by atoms with Crippen LogP contribution in [0.5, 0.6) is 0 Å². The van der Waals surface area contributed by atoms with Crippen molar-refractivity contribution < 1.29 is 36.9 Å². The van der Waals surface area contributed by atoms with Crippen LogP contribution in [0.15, 0.2) is 15.8 Å². The Hall–Kier alpha value is -1.19. The summed E-state index contributed by atoms with van der Waals surface area (Å²) in [6.07, 6.45) is -3.21. The molecule has 2 rings (SSSR count). The molecule has 11 nitrogen and oxygen atoms in total. The lowest BCUT2D eigenvalue weighted by Gasteiger charge is -2.27. The number of aromatic nitrogens is 2. The number of thioether (sulfide) groups is 1. The van der Waals surface area contributed by atoms with Gasteiger partial charge < -0.3 is 18.5 Å². The lowest BCUT2D eigenvalue weighted by atomic mass is 10.00. The second-order valence-corrected chi connectivity index (χ2v) is 15.0. The van der Waals surface area contributed by atoms with Crippen LogP contribution >= 0.6 is 30.0 Å². The van der Waals surface area contributed by atoms with Crippen molar-refractivity contribution in [3.05, 3.63) is 32.9 Å². The molecule has 1 aromatic heterocycles. The summed E-state index contributed by atoms with van der Waals surface area (Å²) in [7, 11) is 0. The number of alkyl halides is 2. The maximum absolute atomic E-state index is 15.2. The molecule has 17 heteroatoms. The van der Waals surface area contributed by atoms with Gasteiger partial charge in [-0.05, 0) is 32.6 Å². The van der Waals surface area contributed by atoms with Gasteiger partial charge in [0.05, 0.1) is 31.6 Å². The van der Waals surface area contributed by atoms with Gasteiger partial charge in [0.2, 0.25) is 10.9 Å². The minimum Gasteiger partial charge on any atom is -0.462 e.